The highest BCUT2D eigenvalue weighted by Crippen LogP contribution is 2.10. The summed E-state index contributed by atoms with van der Waals surface area (Å²) in [5, 5.41) is 3.33. The van der Waals surface area contributed by atoms with Crippen molar-refractivity contribution in [2.75, 3.05) is 13.7 Å². The number of likely N-dealkylation sites (N-methyl/N-ethyl adjacent to an activating group) is 1. The number of unbranched alkanes of at least 4 members (excludes halogenated alkanes) is 3. The van der Waals surface area contributed by atoms with Crippen LogP contribution >= 0.6 is 0 Å². The van der Waals surface area contributed by atoms with E-state index in [2.05, 4.69) is 33.0 Å². The van der Waals surface area contributed by atoms with Crippen LogP contribution in [0.3, 0.4) is 0 Å². The molecule has 2 heteroatoms. The van der Waals surface area contributed by atoms with E-state index in [1.807, 2.05) is 7.05 Å². The lowest BCUT2D eigenvalue weighted by molar-refractivity contribution is -0.0147. The van der Waals surface area contributed by atoms with Gasteiger partial charge in [-0.2, -0.15) is 0 Å². The average molecular weight is 215 g/mol. The molecule has 1 unspecified atom stereocenters. The van der Waals surface area contributed by atoms with Gasteiger partial charge in [0.05, 0.1) is 12.2 Å². The van der Waals surface area contributed by atoms with Crippen LogP contribution in [0.2, 0.25) is 0 Å². The molecule has 0 aliphatic rings. The molecule has 0 aliphatic carbocycles. The van der Waals surface area contributed by atoms with Gasteiger partial charge in [-0.25, -0.2) is 0 Å². The Morgan fingerprint density at radius 3 is 2.27 bits per heavy atom. The van der Waals surface area contributed by atoms with Gasteiger partial charge in [0.1, 0.15) is 0 Å². The Morgan fingerprint density at radius 1 is 1.13 bits per heavy atom. The Hall–Kier alpha value is -0.0800. The second kappa shape index (κ2) is 8.12. The minimum Gasteiger partial charge on any atom is -0.374 e. The molecule has 0 rings (SSSR count). The van der Waals surface area contributed by atoms with Crippen molar-refractivity contribution in [2.24, 2.45) is 0 Å². The van der Waals surface area contributed by atoms with E-state index in [1.165, 1.54) is 32.1 Å². The van der Waals surface area contributed by atoms with Gasteiger partial charge in [0.15, 0.2) is 0 Å². The van der Waals surface area contributed by atoms with Crippen LogP contribution in [0.5, 0.6) is 0 Å². The number of ether oxygens (including phenoxy) is 1. The second-order valence-electron chi connectivity index (χ2n) is 5.26. The highest BCUT2D eigenvalue weighted by Gasteiger charge is 2.13. The first-order valence-electron chi connectivity index (χ1n) is 6.31. The maximum atomic E-state index is 5.78. The molecule has 92 valence electrons. The maximum Gasteiger partial charge on any atom is 0.0626 e. The fourth-order valence-corrected chi connectivity index (χ4v) is 1.48. The van der Waals surface area contributed by atoms with Crippen LogP contribution in [0.1, 0.15) is 59.8 Å². The molecular formula is C13H29NO. The highest BCUT2D eigenvalue weighted by atomic mass is 16.5. The first-order valence-corrected chi connectivity index (χ1v) is 6.31. The third-order valence-corrected chi connectivity index (χ3v) is 2.53. The molecule has 0 aliphatic heterocycles. The van der Waals surface area contributed by atoms with Crippen LogP contribution in [0.4, 0.5) is 0 Å². The predicted octanol–water partition coefficient (Wildman–Crippen LogP) is 3.36. The minimum atomic E-state index is -0.0154. The standard InChI is InChI=1S/C13H29NO/c1-6-7-8-9-10-12(14-5)11-15-13(2,3)4/h12,14H,6-11H2,1-5H3. The maximum absolute atomic E-state index is 5.78. The summed E-state index contributed by atoms with van der Waals surface area (Å²) in [4.78, 5) is 0. The number of nitrogens with one attached hydrogen (secondary N) is 1. The molecule has 1 atom stereocenters. The predicted molar refractivity (Wildman–Crippen MR) is 67.3 cm³/mol. The molecule has 0 radical (unpaired) electrons. The van der Waals surface area contributed by atoms with Gasteiger partial charge in [-0.15, -0.1) is 0 Å². The molecule has 15 heavy (non-hydrogen) atoms. The largest absolute Gasteiger partial charge is 0.374 e. The Labute approximate surface area is 95.8 Å². The van der Waals surface area contributed by atoms with Gasteiger partial charge in [0, 0.05) is 6.04 Å². The lowest BCUT2D eigenvalue weighted by Crippen LogP contribution is -2.34. The average Bonchev–Trinajstić information content (AvgIpc) is 2.15. The SMILES string of the molecule is CCCCCCC(COC(C)(C)C)NC. The van der Waals surface area contributed by atoms with Crippen LogP contribution in [0.15, 0.2) is 0 Å². The van der Waals surface area contributed by atoms with Gasteiger partial charge in [0.25, 0.3) is 0 Å². The zero-order chi connectivity index (χ0) is 11.7. The van der Waals surface area contributed by atoms with Gasteiger partial charge < -0.3 is 10.1 Å². The molecule has 0 aromatic heterocycles. The molecule has 0 saturated carbocycles. The van der Waals surface area contributed by atoms with Gasteiger partial charge in [0.2, 0.25) is 0 Å². The quantitative estimate of drug-likeness (QED) is 0.627. The van der Waals surface area contributed by atoms with Crippen molar-refractivity contribution in [3.05, 3.63) is 0 Å². The topological polar surface area (TPSA) is 21.3 Å². The molecule has 0 saturated heterocycles. The summed E-state index contributed by atoms with van der Waals surface area (Å²) in [6.07, 6.45) is 6.56. The van der Waals surface area contributed by atoms with Crippen LogP contribution in [0, 0.1) is 0 Å². The first kappa shape index (κ1) is 14.9. The molecule has 0 heterocycles. The Balaban J connectivity index is 3.55. The molecule has 0 aromatic rings. The summed E-state index contributed by atoms with van der Waals surface area (Å²) in [6, 6.07) is 0.515. The zero-order valence-corrected chi connectivity index (χ0v) is 11.2. The first-order chi connectivity index (χ1) is 6.99. The summed E-state index contributed by atoms with van der Waals surface area (Å²) >= 11 is 0. The van der Waals surface area contributed by atoms with Gasteiger partial charge >= 0.3 is 0 Å². The van der Waals surface area contributed by atoms with E-state index in [1.54, 1.807) is 0 Å². The van der Waals surface area contributed by atoms with Crippen molar-refractivity contribution in [2.45, 2.75) is 71.4 Å². The molecule has 0 aromatic carbocycles. The third-order valence-electron chi connectivity index (χ3n) is 2.53. The van der Waals surface area contributed by atoms with Crippen molar-refractivity contribution >= 4 is 0 Å². The minimum absolute atomic E-state index is 0.0154. The number of hydrogen-bond donors (Lipinski definition) is 1. The van der Waals surface area contributed by atoms with E-state index in [4.69, 9.17) is 4.74 Å². The fourth-order valence-electron chi connectivity index (χ4n) is 1.48. The summed E-state index contributed by atoms with van der Waals surface area (Å²) in [5.41, 5.74) is -0.0154. The number of hydrogen-bond acceptors (Lipinski definition) is 2. The van der Waals surface area contributed by atoms with Crippen LogP contribution in [0.25, 0.3) is 0 Å². The van der Waals surface area contributed by atoms with E-state index in [0.717, 1.165) is 6.61 Å². The molecule has 0 bridgehead atoms. The van der Waals surface area contributed by atoms with E-state index < -0.39 is 0 Å². The lowest BCUT2D eigenvalue weighted by atomic mass is 10.1. The van der Waals surface area contributed by atoms with Crippen molar-refractivity contribution in [3.8, 4) is 0 Å². The highest BCUT2D eigenvalue weighted by molar-refractivity contribution is 4.67. The lowest BCUT2D eigenvalue weighted by Gasteiger charge is -2.24. The smallest absolute Gasteiger partial charge is 0.0626 e. The third kappa shape index (κ3) is 10.2. The molecule has 2 nitrogen and oxygen atoms in total. The van der Waals surface area contributed by atoms with E-state index in [0.29, 0.717) is 6.04 Å². The summed E-state index contributed by atoms with van der Waals surface area (Å²) in [6.45, 7) is 9.40. The summed E-state index contributed by atoms with van der Waals surface area (Å²) in [7, 11) is 2.02. The molecule has 0 fully saturated rings. The van der Waals surface area contributed by atoms with E-state index >= 15 is 0 Å². The van der Waals surface area contributed by atoms with E-state index in [-0.39, 0.29) is 5.60 Å². The second-order valence-corrected chi connectivity index (χ2v) is 5.26. The Kier molecular flexibility index (Phi) is 8.07. The van der Waals surface area contributed by atoms with Crippen molar-refractivity contribution < 1.29 is 4.74 Å². The van der Waals surface area contributed by atoms with Crippen molar-refractivity contribution in [3.63, 3.8) is 0 Å². The molecule has 1 N–H and O–H groups in total. The molecule has 0 amide bonds. The van der Waals surface area contributed by atoms with Crippen LogP contribution < -0.4 is 5.32 Å². The van der Waals surface area contributed by atoms with Gasteiger partial charge in [-0.3, -0.25) is 0 Å². The zero-order valence-electron chi connectivity index (χ0n) is 11.2. The summed E-state index contributed by atoms with van der Waals surface area (Å²) in [5.74, 6) is 0. The normalized spacial score (nSPS) is 14.2. The summed E-state index contributed by atoms with van der Waals surface area (Å²) < 4.78 is 5.78. The van der Waals surface area contributed by atoms with Crippen molar-refractivity contribution in [1.82, 2.24) is 5.32 Å². The van der Waals surface area contributed by atoms with Crippen LogP contribution in [-0.4, -0.2) is 25.3 Å². The van der Waals surface area contributed by atoms with E-state index in [9.17, 15) is 0 Å². The van der Waals surface area contributed by atoms with Crippen LogP contribution in [-0.2, 0) is 4.74 Å². The van der Waals surface area contributed by atoms with Gasteiger partial charge in [-0.1, -0.05) is 32.6 Å². The number of rotatable bonds is 8. The monoisotopic (exact) mass is 215 g/mol. The Bertz CT molecular complexity index is 140. The molecular weight excluding hydrogens is 186 g/mol. The Morgan fingerprint density at radius 2 is 1.80 bits per heavy atom. The van der Waals surface area contributed by atoms with Crippen molar-refractivity contribution in [1.29, 1.82) is 0 Å². The molecule has 0 spiro atoms. The van der Waals surface area contributed by atoms with Gasteiger partial charge in [-0.05, 0) is 34.2 Å². The fraction of sp³-hybridized carbons (Fsp3) is 1.00.